The highest BCUT2D eigenvalue weighted by Gasteiger charge is 2.25. The molecule has 1 unspecified atom stereocenters. The highest BCUT2D eigenvalue weighted by molar-refractivity contribution is 7.89. The molecule has 1 fully saturated rings. The Labute approximate surface area is 143 Å². The maximum Gasteiger partial charge on any atom is 0.244 e. The fourth-order valence-electron chi connectivity index (χ4n) is 2.25. The number of nitrogens with one attached hydrogen (secondary N) is 1. The fraction of sp³-hybridized carbons (Fsp3) is 0.471. The highest BCUT2D eigenvalue weighted by atomic mass is 32.2. The van der Waals surface area contributed by atoms with E-state index in [-0.39, 0.29) is 16.8 Å². The van der Waals surface area contributed by atoms with Gasteiger partial charge < -0.3 is 10.1 Å². The monoisotopic (exact) mass is 352 g/mol. The summed E-state index contributed by atoms with van der Waals surface area (Å²) in [5, 5.41) is 2.84. The normalized spacial score (nSPS) is 17.8. The molecule has 1 saturated heterocycles. The molecular weight excluding hydrogens is 328 g/mol. The molecule has 24 heavy (non-hydrogen) atoms. The van der Waals surface area contributed by atoms with Crippen molar-refractivity contribution in [3.8, 4) is 0 Å². The van der Waals surface area contributed by atoms with Crippen molar-refractivity contribution in [1.82, 2.24) is 9.62 Å². The molecule has 1 aliphatic heterocycles. The number of hydrogen-bond donors (Lipinski definition) is 1. The Bertz CT molecular complexity index is 677. The summed E-state index contributed by atoms with van der Waals surface area (Å²) in [6.45, 7) is 5.54. The second kappa shape index (κ2) is 8.41. The van der Waals surface area contributed by atoms with E-state index in [0.717, 1.165) is 12.0 Å². The van der Waals surface area contributed by atoms with Gasteiger partial charge in [-0.05, 0) is 37.1 Å². The van der Waals surface area contributed by atoms with Crippen LogP contribution < -0.4 is 5.32 Å². The van der Waals surface area contributed by atoms with Crippen LogP contribution in [0.4, 0.5) is 0 Å². The van der Waals surface area contributed by atoms with Crippen molar-refractivity contribution < 1.29 is 17.9 Å². The molecule has 1 atom stereocenters. The molecule has 1 aliphatic rings. The van der Waals surface area contributed by atoms with Gasteiger partial charge in [0.1, 0.15) is 0 Å². The zero-order valence-electron chi connectivity index (χ0n) is 14.1. The Morgan fingerprint density at radius 3 is 2.50 bits per heavy atom. The van der Waals surface area contributed by atoms with Crippen molar-refractivity contribution in [1.29, 1.82) is 0 Å². The summed E-state index contributed by atoms with van der Waals surface area (Å²) in [5.74, 6) is -0.158. The van der Waals surface area contributed by atoms with Crippen LogP contribution in [0.1, 0.15) is 25.8 Å². The number of amides is 1. The summed E-state index contributed by atoms with van der Waals surface area (Å²) in [5.41, 5.74) is 0.773. The van der Waals surface area contributed by atoms with Crippen molar-refractivity contribution in [3.63, 3.8) is 0 Å². The summed E-state index contributed by atoms with van der Waals surface area (Å²) in [6.07, 6.45) is 3.99. The van der Waals surface area contributed by atoms with Crippen molar-refractivity contribution in [2.45, 2.75) is 31.2 Å². The van der Waals surface area contributed by atoms with E-state index in [1.54, 1.807) is 30.3 Å². The lowest BCUT2D eigenvalue weighted by Crippen LogP contribution is -2.40. The van der Waals surface area contributed by atoms with Crippen LogP contribution in [0.3, 0.4) is 0 Å². The van der Waals surface area contributed by atoms with Crippen LogP contribution in [-0.4, -0.2) is 51.0 Å². The van der Waals surface area contributed by atoms with Gasteiger partial charge in [-0.3, -0.25) is 4.79 Å². The summed E-state index contributed by atoms with van der Waals surface area (Å²) >= 11 is 0. The van der Waals surface area contributed by atoms with E-state index >= 15 is 0 Å². The number of ether oxygens (including phenoxy) is 1. The van der Waals surface area contributed by atoms with Gasteiger partial charge >= 0.3 is 0 Å². The van der Waals surface area contributed by atoms with E-state index in [4.69, 9.17) is 4.74 Å². The van der Waals surface area contributed by atoms with Gasteiger partial charge in [0.2, 0.25) is 15.9 Å². The standard InChI is InChI=1S/C17H24N2O4S/c1-3-14(2)18-17(20)9-6-15-4-7-16(8-5-15)24(21,22)19-10-12-23-13-11-19/h4-9,14H,3,10-13H2,1-2H3,(H,18,20)/b9-6+. The van der Waals surface area contributed by atoms with Crippen molar-refractivity contribution in [2.24, 2.45) is 0 Å². The predicted molar refractivity (Wildman–Crippen MR) is 92.9 cm³/mol. The van der Waals surface area contributed by atoms with Gasteiger partial charge in [0, 0.05) is 25.2 Å². The maximum absolute atomic E-state index is 12.5. The van der Waals surface area contributed by atoms with E-state index in [2.05, 4.69) is 5.32 Å². The van der Waals surface area contributed by atoms with Crippen LogP contribution >= 0.6 is 0 Å². The van der Waals surface area contributed by atoms with Crippen LogP contribution in [0.2, 0.25) is 0 Å². The molecule has 2 rings (SSSR count). The van der Waals surface area contributed by atoms with Crippen molar-refractivity contribution in [2.75, 3.05) is 26.3 Å². The third-order valence-corrected chi connectivity index (χ3v) is 5.83. The number of hydrogen-bond acceptors (Lipinski definition) is 4. The largest absolute Gasteiger partial charge is 0.379 e. The number of benzene rings is 1. The number of rotatable bonds is 6. The van der Waals surface area contributed by atoms with Crippen LogP contribution in [0.15, 0.2) is 35.2 Å². The number of nitrogens with zero attached hydrogens (tertiary/aromatic N) is 1. The number of sulfonamides is 1. The van der Waals surface area contributed by atoms with Gasteiger partial charge in [-0.25, -0.2) is 8.42 Å². The summed E-state index contributed by atoms with van der Waals surface area (Å²) in [6, 6.07) is 6.65. The molecule has 1 aromatic rings. The van der Waals surface area contributed by atoms with Crippen molar-refractivity contribution >= 4 is 22.0 Å². The minimum absolute atomic E-state index is 0.128. The van der Waals surface area contributed by atoms with E-state index < -0.39 is 10.0 Å². The van der Waals surface area contributed by atoms with Gasteiger partial charge in [0.05, 0.1) is 18.1 Å². The van der Waals surface area contributed by atoms with E-state index in [1.807, 2.05) is 13.8 Å². The molecule has 7 heteroatoms. The molecular formula is C17H24N2O4S. The van der Waals surface area contributed by atoms with Gasteiger partial charge in [0.25, 0.3) is 0 Å². The Kier molecular flexibility index (Phi) is 6.53. The number of carbonyl (C=O) groups excluding carboxylic acids is 1. The lowest BCUT2D eigenvalue weighted by molar-refractivity contribution is -0.117. The summed E-state index contributed by atoms with van der Waals surface area (Å²) < 4.78 is 31.6. The van der Waals surface area contributed by atoms with Crippen molar-refractivity contribution in [3.05, 3.63) is 35.9 Å². The lowest BCUT2D eigenvalue weighted by atomic mass is 10.2. The molecule has 1 aromatic carbocycles. The Balaban J connectivity index is 2.03. The molecule has 1 heterocycles. The summed E-state index contributed by atoms with van der Waals surface area (Å²) in [4.78, 5) is 12.0. The zero-order chi connectivity index (χ0) is 17.6. The first-order valence-corrected chi connectivity index (χ1v) is 9.54. The second-order valence-corrected chi connectivity index (χ2v) is 7.67. The molecule has 0 saturated carbocycles. The van der Waals surface area contributed by atoms with Crippen LogP contribution in [-0.2, 0) is 19.6 Å². The Hall–Kier alpha value is -1.70. The van der Waals surface area contributed by atoms with Crippen LogP contribution in [0.25, 0.3) is 6.08 Å². The van der Waals surface area contributed by atoms with Gasteiger partial charge in [-0.2, -0.15) is 4.31 Å². The number of morpholine rings is 1. The minimum Gasteiger partial charge on any atom is -0.379 e. The Morgan fingerprint density at radius 2 is 1.92 bits per heavy atom. The Morgan fingerprint density at radius 1 is 1.29 bits per heavy atom. The maximum atomic E-state index is 12.5. The average Bonchev–Trinajstić information content (AvgIpc) is 2.61. The highest BCUT2D eigenvalue weighted by Crippen LogP contribution is 2.18. The average molecular weight is 352 g/mol. The third-order valence-electron chi connectivity index (χ3n) is 3.92. The topological polar surface area (TPSA) is 75.7 Å². The molecule has 1 N–H and O–H groups in total. The molecule has 0 spiro atoms. The fourth-order valence-corrected chi connectivity index (χ4v) is 3.66. The molecule has 0 aromatic heterocycles. The third kappa shape index (κ3) is 4.90. The van der Waals surface area contributed by atoms with Gasteiger partial charge in [-0.15, -0.1) is 0 Å². The summed E-state index contributed by atoms with van der Waals surface area (Å²) in [7, 11) is -3.48. The first kappa shape index (κ1) is 18.6. The zero-order valence-corrected chi connectivity index (χ0v) is 14.9. The van der Waals surface area contributed by atoms with Gasteiger partial charge in [-0.1, -0.05) is 19.1 Å². The van der Waals surface area contributed by atoms with E-state index in [0.29, 0.717) is 26.3 Å². The molecule has 0 aliphatic carbocycles. The first-order valence-electron chi connectivity index (χ1n) is 8.10. The van der Waals surface area contributed by atoms with E-state index in [1.165, 1.54) is 10.4 Å². The molecule has 0 bridgehead atoms. The second-order valence-electron chi connectivity index (χ2n) is 5.74. The minimum atomic E-state index is -3.48. The molecule has 6 nitrogen and oxygen atoms in total. The van der Waals surface area contributed by atoms with Gasteiger partial charge in [0.15, 0.2) is 0 Å². The van der Waals surface area contributed by atoms with Crippen LogP contribution in [0.5, 0.6) is 0 Å². The lowest BCUT2D eigenvalue weighted by Gasteiger charge is -2.26. The van der Waals surface area contributed by atoms with Crippen LogP contribution in [0, 0.1) is 0 Å². The smallest absolute Gasteiger partial charge is 0.244 e. The van der Waals surface area contributed by atoms with E-state index in [9.17, 15) is 13.2 Å². The SMILES string of the molecule is CCC(C)NC(=O)/C=C/c1ccc(S(=O)(=O)N2CCOCC2)cc1. The molecule has 132 valence electrons. The molecule has 0 radical (unpaired) electrons. The quantitative estimate of drug-likeness (QED) is 0.790. The predicted octanol–water partition coefficient (Wildman–Crippen LogP) is 1.64. The number of carbonyl (C=O) groups is 1. The molecule has 1 amide bonds. The first-order chi connectivity index (χ1) is 11.4.